The van der Waals surface area contributed by atoms with Gasteiger partial charge in [0.15, 0.2) is 0 Å². The zero-order chi connectivity index (χ0) is 11.7. The number of nitrogens with zero attached hydrogens (tertiary/aromatic N) is 2. The molecule has 0 saturated heterocycles. The van der Waals surface area contributed by atoms with Gasteiger partial charge in [0.25, 0.3) is 0 Å². The molecule has 0 aliphatic heterocycles. The maximum atomic E-state index is 9.49. The smallest absolute Gasteiger partial charge is 0.117 e. The number of phenols is 1. The molecule has 1 aromatic carbocycles. The van der Waals surface area contributed by atoms with Crippen molar-refractivity contribution in [3.05, 3.63) is 24.0 Å². The predicted molar refractivity (Wildman–Crippen MR) is 62.6 cm³/mol. The number of aromatic hydroxyl groups is 1. The molecular weight excluding hydrogens is 204 g/mol. The van der Waals surface area contributed by atoms with Crippen LogP contribution < -0.4 is 0 Å². The molecule has 2 N–H and O–H groups in total. The lowest BCUT2D eigenvalue weighted by Gasteiger charge is -2.12. The Morgan fingerprint density at radius 1 is 1.38 bits per heavy atom. The molecule has 1 heterocycles. The van der Waals surface area contributed by atoms with Gasteiger partial charge >= 0.3 is 0 Å². The average molecular weight is 220 g/mol. The number of benzene rings is 1. The van der Waals surface area contributed by atoms with Crippen LogP contribution in [0, 0.1) is 0 Å². The predicted octanol–water partition coefficient (Wildman–Crippen LogP) is 1.86. The maximum Gasteiger partial charge on any atom is 0.117 e. The zero-order valence-electron chi connectivity index (χ0n) is 9.51. The van der Waals surface area contributed by atoms with Crippen LogP contribution in [0.2, 0.25) is 0 Å². The van der Waals surface area contributed by atoms with E-state index in [4.69, 9.17) is 5.11 Å². The lowest BCUT2D eigenvalue weighted by Crippen LogP contribution is -2.07. The van der Waals surface area contributed by atoms with Gasteiger partial charge in [-0.2, -0.15) is 0 Å². The van der Waals surface area contributed by atoms with Crippen LogP contribution in [-0.4, -0.2) is 26.4 Å². The Balaban J connectivity index is 2.67. The summed E-state index contributed by atoms with van der Waals surface area (Å²) < 4.78 is 2.05. The van der Waals surface area contributed by atoms with E-state index < -0.39 is 0 Å². The van der Waals surface area contributed by atoms with Gasteiger partial charge in [-0.25, -0.2) is 4.98 Å². The molecule has 0 unspecified atom stereocenters. The summed E-state index contributed by atoms with van der Waals surface area (Å²) in [6.45, 7) is 4.21. The van der Waals surface area contributed by atoms with Crippen molar-refractivity contribution >= 4 is 11.0 Å². The molecule has 2 aromatic rings. The topological polar surface area (TPSA) is 58.3 Å². The van der Waals surface area contributed by atoms with Gasteiger partial charge in [0, 0.05) is 18.5 Å². The molecule has 4 heteroatoms. The van der Waals surface area contributed by atoms with Crippen molar-refractivity contribution in [3.8, 4) is 5.75 Å². The van der Waals surface area contributed by atoms with Crippen molar-refractivity contribution in [1.82, 2.24) is 9.55 Å². The number of imidazole rings is 1. The Kier molecular flexibility index (Phi) is 2.83. The lowest BCUT2D eigenvalue weighted by molar-refractivity contribution is 0.294. The highest BCUT2D eigenvalue weighted by atomic mass is 16.3. The third-order valence-electron chi connectivity index (χ3n) is 2.60. The summed E-state index contributed by atoms with van der Waals surface area (Å²) in [5.41, 5.74) is 1.77. The van der Waals surface area contributed by atoms with Gasteiger partial charge in [-0.3, -0.25) is 0 Å². The molecule has 2 rings (SSSR count). The van der Waals surface area contributed by atoms with E-state index in [0.717, 1.165) is 16.9 Å². The summed E-state index contributed by atoms with van der Waals surface area (Å²) in [5, 5.41) is 18.5. The summed E-state index contributed by atoms with van der Waals surface area (Å²) in [7, 11) is 0. The second kappa shape index (κ2) is 4.14. The fourth-order valence-electron chi connectivity index (χ4n) is 1.98. The van der Waals surface area contributed by atoms with Crippen molar-refractivity contribution < 1.29 is 10.2 Å². The molecule has 86 valence electrons. The number of aliphatic hydroxyl groups excluding tert-OH is 1. The summed E-state index contributed by atoms with van der Waals surface area (Å²) in [4.78, 5) is 4.46. The van der Waals surface area contributed by atoms with E-state index in [1.165, 1.54) is 0 Å². The van der Waals surface area contributed by atoms with Gasteiger partial charge in [0.1, 0.15) is 11.6 Å². The van der Waals surface area contributed by atoms with Crippen LogP contribution in [-0.2, 0) is 6.42 Å². The van der Waals surface area contributed by atoms with Crippen molar-refractivity contribution in [2.24, 2.45) is 0 Å². The van der Waals surface area contributed by atoms with Crippen molar-refractivity contribution in [3.63, 3.8) is 0 Å². The molecular formula is C12H16N2O2. The van der Waals surface area contributed by atoms with E-state index in [-0.39, 0.29) is 18.4 Å². The summed E-state index contributed by atoms with van der Waals surface area (Å²) >= 11 is 0. The number of phenolic OH excluding ortho intramolecular Hbond substituents is 1. The van der Waals surface area contributed by atoms with Gasteiger partial charge < -0.3 is 14.8 Å². The molecule has 0 saturated carbocycles. The van der Waals surface area contributed by atoms with Crippen LogP contribution in [0.4, 0.5) is 0 Å². The van der Waals surface area contributed by atoms with Crippen LogP contribution >= 0.6 is 0 Å². The summed E-state index contributed by atoms with van der Waals surface area (Å²) in [5.74, 6) is 1.10. The fourth-order valence-corrected chi connectivity index (χ4v) is 1.98. The molecule has 0 atom stereocenters. The minimum Gasteiger partial charge on any atom is -0.508 e. The molecule has 0 aliphatic carbocycles. The Hall–Kier alpha value is -1.55. The van der Waals surface area contributed by atoms with Crippen LogP contribution in [0.3, 0.4) is 0 Å². The van der Waals surface area contributed by atoms with E-state index in [1.54, 1.807) is 18.2 Å². The highest BCUT2D eigenvalue weighted by Gasteiger charge is 2.12. The molecule has 16 heavy (non-hydrogen) atoms. The number of aromatic nitrogens is 2. The number of rotatable bonds is 3. The van der Waals surface area contributed by atoms with Gasteiger partial charge in [-0.15, -0.1) is 0 Å². The Morgan fingerprint density at radius 3 is 2.75 bits per heavy atom. The second-order valence-electron chi connectivity index (χ2n) is 4.14. The van der Waals surface area contributed by atoms with Crippen molar-refractivity contribution in [2.45, 2.75) is 26.3 Å². The molecule has 0 radical (unpaired) electrons. The Labute approximate surface area is 94.2 Å². The first-order valence-electron chi connectivity index (χ1n) is 5.44. The SMILES string of the molecule is CC(C)n1c(CCO)nc2ccc(O)cc21. The van der Waals surface area contributed by atoms with Gasteiger partial charge in [0.05, 0.1) is 17.6 Å². The molecule has 0 aliphatic rings. The number of fused-ring (bicyclic) bond motifs is 1. The van der Waals surface area contributed by atoms with E-state index in [1.807, 2.05) is 4.57 Å². The highest BCUT2D eigenvalue weighted by Crippen LogP contribution is 2.24. The zero-order valence-corrected chi connectivity index (χ0v) is 9.51. The molecule has 0 amide bonds. The summed E-state index contributed by atoms with van der Waals surface area (Å²) in [6.07, 6.45) is 0.535. The van der Waals surface area contributed by atoms with E-state index in [0.29, 0.717) is 6.42 Å². The Bertz CT molecular complexity index is 503. The molecule has 0 bridgehead atoms. The van der Waals surface area contributed by atoms with Crippen LogP contribution in [0.25, 0.3) is 11.0 Å². The van der Waals surface area contributed by atoms with Gasteiger partial charge in [-0.05, 0) is 26.0 Å². The number of hydrogen-bond donors (Lipinski definition) is 2. The van der Waals surface area contributed by atoms with Crippen molar-refractivity contribution in [2.75, 3.05) is 6.61 Å². The van der Waals surface area contributed by atoms with E-state index >= 15 is 0 Å². The third kappa shape index (κ3) is 1.76. The first-order chi connectivity index (χ1) is 7.63. The molecule has 4 nitrogen and oxygen atoms in total. The maximum absolute atomic E-state index is 9.49. The van der Waals surface area contributed by atoms with Gasteiger partial charge in [-0.1, -0.05) is 0 Å². The standard InChI is InChI=1S/C12H16N2O2/c1-8(2)14-11-7-9(16)3-4-10(11)13-12(14)5-6-15/h3-4,7-8,15-16H,5-6H2,1-2H3. The van der Waals surface area contributed by atoms with Crippen LogP contribution in [0.15, 0.2) is 18.2 Å². The molecule has 0 fully saturated rings. The largest absolute Gasteiger partial charge is 0.508 e. The number of aliphatic hydroxyl groups is 1. The minimum absolute atomic E-state index is 0.0853. The summed E-state index contributed by atoms with van der Waals surface area (Å²) in [6, 6.07) is 5.39. The third-order valence-corrected chi connectivity index (χ3v) is 2.60. The van der Waals surface area contributed by atoms with E-state index in [2.05, 4.69) is 18.8 Å². The molecule has 0 spiro atoms. The normalized spacial score (nSPS) is 11.5. The lowest BCUT2D eigenvalue weighted by atomic mass is 10.2. The quantitative estimate of drug-likeness (QED) is 0.830. The van der Waals surface area contributed by atoms with Crippen molar-refractivity contribution in [1.29, 1.82) is 0 Å². The minimum atomic E-state index is 0.0853. The fraction of sp³-hybridized carbons (Fsp3) is 0.417. The molecule has 1 aromatic heterocycles. The average Bonchev–Trinajstić information content (AvgIpc) is 2.55. The first-order valence-corrected chi connectivity index (χ1v) is 5.44. The van der Waals surface area contributed by atoms with Crippen LogP contribution in [0.1, 0.15) is 25.7 Å². The highest BCUT2D eigenvalue weighted by molar-refractivity contribution is 5.77. The van der Waals surface area contributed by atoms with E-state index in [9.17, 15) is 5.11 Å². The first kappa shape index (κ1) is 11.0. The Morgan fingerprint density at radius 2 is 2.12 bits per heavy atom. The second-order valence-corrected chi connectivity index (χ2v) is 4.14. The number of hydrogen-bond acceptors (Lipinski definition) is 3. The van der Waals surface area contributed by atoms with Crippen LogP contribution in [0.5, 0.6) is 5.75 Å². The van der Waals surface area contributed by atoms with Gasteiger partial charge in [0.2, 0.25) is 0 Å². The monoisotopic (exact) mass is 220 g/mol.